The third kappa shape index (κ3) is 3.32. The monoisotopic (exact) mass is 261 g/mol. The van der Waals surface area contributed by atoms with Crippen molar-refractivity contribution in [1.82, 2.24) is 9.97 Å². The van der Waals surface area contributed by atoms with Gasteiger partial charge in [0.15, 0.2) is 0 Å². The van der Waals surface area contributed by atoms with Crippen LogP contribution < -0.4 is 5.73 Å². The quantitative estimate of drug-likeness (QED) is 0.875. The molecule has 19 heavy (non-hydrogen) atoms. The van der Waals surface area contributed by atoms with E-state index in [1.54, 1.807) is 18.2 Å². The summed E-state index contributed by atoms with van der Waals surface area (Å²) in [6.07, 6.45) is 1.22. The number of carboxylic acid groups (broad SMARTS) is 1. The van der Waals surface area contributed by atoms with Crippen LogP contribution in [-0.4, -0.2) is 21.0 Å². The minimum absolute atomic E-state index is 0.226. The average molecular weight is 261 g/mol. The van der Waals surface area contributed by atoms with Gasteiger partial charge in [-0.1, -0.05) is 12.1 Å². The van der Waals surface area contributed by atoms with Crippen molar-refractivity contribution in [3.8, 4) is 11.3 Å². The molecule has 98 valence electrons. The molecule has 0 amide bonds. The Balaban J connectivity index is 2.31. The summed E-state index contributed by atoms with van der Waals surface area (Å²) in [7, 11) is 0. The highest BCUT2D eigenvalue weighted by Crippen LogP contribution is 2.19. The molecule has 0 aliphatic rings. The van der Waals surface area contributed by atoms with E-state index in [4.69, 9.17) is 10.8 Å². The molecule has 0 aliphatic heterocycles. The number of benzene rings is 1. The summed E-state index contributed by atoms with van der Waals surface area (Å²) >= 11 is 0. The fraction of sp³-hybridized carbons (Fsp3) is 0.154. The number of hydrogen-bond acceptors (Lipinski definition) is 4. The van der Waals surface area contributed by atoms with Crippen molar-refractivity contribution in [3.05, 3.63) is 48.2 Å². The maximum atomic E-state index is 13.1. The van der Waals surface area contributed by atoms with E-state index in [1.807, 2.05) is 0 Å². The summed E-state index contributed by atoms with van der Waals surface area (Å²) in [5.41, 5.74) is 6.79. The van der Waals surface area contributed by atoms with E-state index in [1.165, 1.54) is 18.3 Å². The molecule has 1 unspecified atom stereocenters. The van der Waals surface area contributed by atoms with Gasteiger partial charge in [0.1, 0.15) is 11.6 Å². The molecule has 3 N–H and O–H groups in total. The second kappa shape index (κ2) is 5.53. The molecule has 1 heterocycles. The standard InChI is InChI=1S/C13H12FN3O2/c14-9-3-1-2-8(6-9)11-4-5-16-13(17-11)10(15)7-12(18)19/h1-6,10H,7,15H2,(H,18,19). The van der Waals surface area contributed by atoms with E-state index >= 15 is 0 Å². The predicted octanol–water partition coefficient (Wildman–Crippen LogP) is 1.76. The van der Waals surface area contributed by atoms with Gasteiger partial charge < -0.3 is 10.8 Å². The SMILES string of the molecule is NC(CC(=O)O)c1nccc(-c2cccc(F)c2)n1. The average Bonchev–Trinajstić information content (AvgIpc) is 2.38. The van der Waals surface area contributed by atoms with Crippen molar-refractivity contribution in [2.24, 2.45) is 5.73 Å². The number of carbonyl (C=O) groups is 1. The van der Waals surface area contributed by atoms with Gasteiger partial charge in [0.25, 0.3) is 0 Å². The van der Waals surface area contributed by atoms with Crippen LogP contribution in [0.4, 0.5) is 4.39 Å². The smallest absolute Gasteiger partial charge is 0.305 e. The first kappa shape index (κ1) is 13.1. The van der Waals surface area contributed by atoms with Crippen LogP contribution in [0.1, 0.15) is 18.3 Å². The Morgan fingerprint density at radius 3 is 2.89 bits per heavy atom. The zero-order valence-corrected chi connectivity index (χ0v) is 9.95. The molecule has 1 aromatic carbocycles. The fourth-order valence-electron chi connectivity index (χ4n) is 1.64. The van der Waals surface area contributed by atoms with Gasteiger partial charge in [-0.15, -0.1) is 0 Å². The molecule has 1 atom stereocenters. The molecule has 0 bridgehead atoms. The van der Waals surface area contributed by atoms with E-state index in [-0.39, 0.29) is 18.1 Å². The third-order valence-corrected chi connectivity index (χ3v) is 2.52. The molecule has 0 saturated carbocycles. The first-order valence-electron chi connectivity index (χ1n) is 5.62. The Morgan fingerprint density at radius 1 is 1.42 bits per heavy atom. The highest BCUT2D eigenvalue weighted by atomic mass is 19.1. The van der Waals surface area contributed by atoms with Gasteiger partial charge in [0.05, 0.1) is 18.2 Å². The van der Waals surface area contributed by atoms with Gasteiger partial charge in [0.2, 0.25) is 0 Å². The molecule has 0 radical (unpaired) electrons. The fourth-order valence-corrected chi connectivity index (χ4v) is 1.64. The topological polar surface area (TPSA) is 89.1 Å². The van der Waals surface area contributed by atoms with Crippen LogP contribution in [0, 0.1) is 5.82 Å². The van der Waals surface area contributed by atoms with Crippen molar-refractivity contribution in [2.45, 2.75) is 12.5 Å². The van der Waals surface area contributed by atoms with Crippen molar-refractivity contribution >= 4 is 5.97 Å². The predicted molar refractivity (Wildman–Crippen MR) is 66.6 cm³/mol. The molecular weight excluding hydrogens is 249 g/mol. The van der Waals surface area contributed by atoms with Crippen LogP contribution in [-0.2, 0) is 4.79 Å². The molecule has 0 saturated heterocycles. The lowest BCUT2D eigenvalue weighted by atomic mass is 10.1. The molecule has 5 nitrogen and oxygen atoms in total. The Kier molecular flexibility index (Phi) is 3.82. The van der Waals surface area contributed by atoms with Gasteiger partial charge in [-0.2, -0.15) is 0 Å². The van der Waals surface area contributed by atoms with E-state index in [0.29, 0.717) is 11.3 Å². The molecule has 0 aliphatic carbocycles. The van der Waals surface area contributed by atoms with Gasteiger partial charge >= 0.3 is 5.97 Å². The summed E-state index contributed by atoms with van der Waals surface area (Å²) in [5, 5.41) is 8.68. The molecule has 2 aromatic rings. The zero-order chi connectivity index (χ0) is 13.8. The van der Waals surface area contributed by atoms with Crippen molar-refractivity contribution in [2.75, 3.05) is 0 Å². The van der Waals surface area contributed by atoms with Crippen molar-refractivity contribution < 1.29 is 14.3 Å². The molecule has 6 heteroatoms. The minimum Gasteiger partial charge on any atom is -0.481 e. The van der Waals surface area contributed by atoms with Crippen LogP contribution in [0.3, 0.4) is 0 Å². The molecule has 2 rings (SSSR count). The number of halogens is 1. The van der Waals surface area contributed by atoms with Crippen molar-refractivity contribution in [3.63, 3.8) is 0 Å². The Labute approximate surface area is 108 Å². The van der Waals surface area contributed by atoms with Gasteiger partial charge in [-0.05, 0) is 18.2 Å². The largest absolute Gasteiger partial charge is 0.481 e. The number of aromatic nitrogens is 2. The number of rotatable bonds is 4. The van der Waals surface area contributed by atoms with Crippen LogP contribution in [0.15, 0.2) is 36.5 Å². The molecule has 0 fully saturated rings. The Hall–Kier alpha value is -2.34. The van der Waals surface area contributed by atoms with Gasteiger partial charge in [-0.25, -0.2) is 14.4 Å². The van der Waals surface area contributed by atoms with Crippen LogP contribution >= 0.6 is 0 Å². The third-order valence-electron chi connectivity index (χ3n) is 2.52. The van der Waals surface area contributed by atoms with E-state index in [9.17, 15) is 9.18 Å². The number of nitrogens with two attached hydrogens (primary N) is 1. The Bertz CT molecular complexity index is 604. The van der Waals surface area contributed by atoms with Crippen molar-refractivity contribution in [1.29, 1.82) is 0 Å². The second-order valence-corrected chi connectivity index (χ2v) is 4.01. The maximum absolute atomic E-state index is 13.1. The summed E-state index contributed by atoms with van der Waals surface area (Å²) in [4.78, 5) is 18.7. The highest BCUT2D eigenvalue weighted by Gasteiger charge is 2.14. The molecular formula is C13H12FN3O2. The first-order valence-corrected chi connectivity index (χ1v) is 5.62. The first-order chi connectivity index (χ1) is 9.06. The number of nitrogens with zero attached hydrogens (tertiary/aromatic N) is 2. The van der Waals surface area contributed by atoms with E-state index in [2.05, 4.69) is 9.97 Å². The summed E-state index contributed by atoms with van der Waals surface area (Å²) in [6.45, 7) is 0. The zero-order valence-electron chi connectivity index (χ0n) is 9.95. The van der Waals surface area contributed by atoms with Crippen LogP contribution in [0.2, 0.25) is 0 Å². The van der Waals surface area contributed by atoms with E-state index < -0.39 is 12.0 Å². The lowest BCUT2D eigenvalue weighted by Crippen LogP contribution is -2.18. The minimum atomic E-state index is -1.02. The van der Waals surface area contributed by atoms with Crippen LogP contribution in [0.5, 0.6) is 0 Å². The number of carboxylic acids is 1. The molecule has 1 aromatic heterocycles. The number of hydrogen-bond donors (Lipinski definition) is 2. The van der Waals surface area contributed by atoms with Gasteiger partial charge in [-0.3, -0.25) is 4.79 Å². The van der Waals surface area contributed by atoms with Gasteiger partial charge in [0, 0.05) is 11.8 Å². The summed E-state index contributed by atoms with van der Waals surface area (Å²) in [5.74, 6) is -1.16. The second-order valence-electron chi connectivity index (χ2n) is 4.01. The normalized spacial score (nSPS) is 12.1. The Morgan fingerprint density at radius 2 is 2.21 bits per heavy atom. The maximum Gasteiger partial charge on any atom is 0.305 e. The lowest BCUT2D eigenvalue weighted by molar-refractivity contribution is -0.137. The highest BCUT2D eigenvalue weighted by molar-refractivity contribution is 5.67. The molecule has 0 spiro atoms. The summed E-state index contributed by atoms with van der Waals surface area (Å²) in [6, 6.07) is 6.79. The summed E-state index contributed by atoms with van der Waals surface area (Å²) < 4.78 is 13.1. The number of aliphatic carboxylic acids is 1. The van der Waals surface area contributed by atoms with E-state index in [0.717, 1.165) is 0 Å². The lowest BCUT2D eigenvalue weighted by Gasteiger charge is -2.09. The van der Waals surface area contributed by atoms with Crippen LogP contribution in [0.25, 0.3) is 11.3 Å².